The number of nitrogens with one attached hydrogen (secondary N) is 2. The van der Waals surface area contributed by atoms with Crippen molar-refractivity contribution in [1.82, 2.24) is 10.7 Å². The van der Waals surface area contributed by atoms with Crippen LogP contribution in [0.25, 0.3) is 0 Å². The van der Waals surface area contributed by atoms with Crippen LogP contribution in [-0.4, -0.2) is 23.3 Å². The van der Waals surface area contributed by atoms with E-state index in [0.29, 0.717) is 10.7 Å². The molecule has 0 saturated carbocycles. The van der Waals surface area contributed by atoms with Gasteiger partial charge in [-0.15, -0.1) is 0 Å². The monoisotopic (exact) mass is 306 g/mol. The minimum Gasteiger partial charge on any atom is -0.364 e. The number of benzene rings is 1. The van der Waals surface area contributed by atoms with Gasteiger partial charge in [0.1, 0.15) is 5.02 Å². The van der Waals surface area contributed by atoms with Gasteiger partial charge < -0.3 is 5.32 Å². The van der Waals surface area contributed by atoms with E-state index >= 15 is 0 Å². The molecule has 6 nitrogen and oxygen atoms in total. The van der Waals surface area contributed by atoms with Crippen LogP contribution in [-0.2, 0) is 0 Å². The Morgan fingerprint density at radius 1 is 1.50 bits per heavy atom. The second-order valence-electron chi connectivity index (χ2n) is 3.03. The molecule has 0 unspecified atom stereocenters. The number of hydrazone groups is 1. The number of nitro groups is 1. The van der Waals surface area contributed by atoms with Gasteiger partial charge in [0.25, 0.3) is 5.69 Å². The van der Waals surface area contributed by atoms with E-state index in [1.807, 2.05) is 0 Å². The lowest BCUT2D eigenvalue weighted by Crippen LogP contribution is -2.28. The molecular weight excluding hydrogens is 299 g/mol. The minimum atomic E-state index is -0.596. The van der Waals surface area contributed by atoms with E-state index in [1.54, 1.807) is 7.05 Å². The zero-order valence-corrected chi connectivity index (χ0v) is 11.4. The summed E-state index contributed by atoms with van der Waals surface area (Å²) in [6.07, 6.45) is 1.31. The van der Waals surface area contributed by atoms with Gasteiger partial charge in [-0.2, -0.15) is 5.10 Å². The summed E-state index contributed by atoms with van der Waals surface area (Å²) in [6.45, 7) is 0. The summed E-state index contributed by atoms with van der Waals surface area (Å²) >= 11 is 16.4. The van der Waals surface area contributed by atoms with Crippen molar-refractivity contribution in [3.05, 3.63) is 37.9 Å². The van der Waals surface area contributed by atoms with Gasteiger partial charge in [-0.05, 0) is 18.3 Å². The molecule has 1 aromatic carbocycles. The van der Waals surface area contributed by atoms with E-state index in [-0.39, 0.29) is 15.7 Å². The molecule has 0 radical (unpaired) electrons. The highest BCUT2D eigenvalue weighted by Gasteiger charge is 2.15. The van der Waals surface area contributed by atoms with Crippen LogP contribution in [0.3, 0.4) is 0 Å². The first-order valence-corrected chi connectivity index (χ1v) is 5.76. The van der Waals surface area contributed by atoms with E-state index in [2.05, 4.69) is 15.8 Å². The predicted molar refractivity (Wildman–Crippen MR) is 75.5 cm³/mol. The SMILES string of the molecule is CNC(=S)N/N=C\c1cc([N+](=O)[O-])c(Cl)cc1Cl. The minimum absolute atomic E-state index is 0.0270. The van der Waals surface area contributed by atoms with E-state index in [4.69, 9.17) is 35.4 Å². The largest absolute Gasteiger partial charge is 0.364 e. The maximum absolute atomic E-state index is 10.7. The van der Waals surface area contributed by atoms with Crippen molar-refractivity contribution in [3.8, 4) is 0 Å². The fourth-order valence-corrected chi connectivity index (χ4v) is 1.56. The van der Waals surface area contributed by atoms with Crippen molar-refractivity contribution in [2.24, 2.45) is 5.10 Å². The number of hydrogen-bond acceptors (Lipinski definition) is 4. The van der Waals surface area contributed by atoms with Gasteiger partial charge in [-0.25, -0.2) is 0 Å². The Morgan fingerprint density at radius 2 is 2.17 bits per heavy atom. The molecule has 0 aliphatic carbocycles. The second-order valence-corrected chi connectivity index (χ2v) is 4.25. The first-order chi connectivity index (χ1) is 8.45. The van der Waals surface area contributed by atoms with Gasteiger partial charge in [0.2, 0.25) is 0 Å². The summed E-state index contributed by atoms with van der Waals surface area (Å²) in [5.74, 6) is 0. The zero-order valence-electron chi connectivity index (χ0n) is 9.11. The molecule has 0 bridgehead atoms. The highest BCUT2D eigenvalue weighted by Crippen LogP contribution is 2.29. The number of nitro benzene ring substituents is 1. The van der Waals surface area contributed by atoms with Gasteiger partial charge in [0.05, 0.1) is 16.2 Å². The number of halogens is 2. The summed E-state index contributed by atoms with van der Waals surface area (Å²) < 4.78 is 0. The molecule has 96 valence electrons. The zero-order chi connectivity index (χ0) is 13.7. The molecule has 0 aliphatic heterocycles. The van der Waals surface area contributed by atoms with Crippen molar-refractivity contribution in [3.63, 3.8) is 0 Å². The van der Waals surface area contributed by atoms with E-state index in [0.717, 1.165) is 0 Å². The Hall–Kier alpha value is -1.44. The smallest absolute Gasteiger partial charge is 0.288 e. The summed E-state index contributed by atoms with van der Waals surface area (Å²) in [6, 6.07) is 2.53. The van der Waals surface area contributed by atoms with Crippen molar-refractivity contribution in [2.45, 2.75) is 0 Å². The molecule has 0 atom stereocenters. The van der Waals surface area contributed by atoms with Crippen molar-refractivity contribution < 1.29 is 4.92 Å². The first-order valence-electron chi connectivity index (χ1n) is 4.60. The van der Waals surface area contributed by atoms with Gasteiger partial charge in [0, 0.05) is 18.7 Å². The molecule has 18 heavy (non-hydrogen) atoms. The van der Waals surface area contributed by atoms with Gasteiger partial charge in [-0.1, -0.05) is 23.2 Å². The fraction of sp³-hybridized carbons (Fsp3) is 0.111. The van der Waals surface area contributed by atoms with E-state index in [9.17, 15) is 10.1 Å². The van der Waals surface area contributed by atoms with Crippen LogP contribution in [0.15, 0.2) is 17.2 Å². The summed E-state index contributed by atoms with van der Waals surface area (Å²) in [5.41, 5.74) is 2.62. The Labute approximate surface area is 118 Å². The molecule has 0 saturated heterocycles. The maximum atomic E-state index is 10.7. The molecule has 0 aromatic heterocycles. The topological polar surface area (TPSA) is 79.6 Å². The third-order valence-electron chi connectivity index (χ3n) is 1.86. The number of hydrogen-bond donors (Lipinski definition) is 2. The molecule has 0 amide bonds. The Morgan fingerprint density at radius 3 is 2.72 bits per heavy atom. The molecule has 2 N–H and O–H groups in total. The third-order valence-corrected chi connectivity index (χ3v) is 2.79. The quantitative estimate of drug-likeness (QED) is 0.388. The van der Waals surface area contributed by atoms with Crippen molar-refractivity contribution in [1.29, 1.82) is 0 Å². The standard InChI is InChI=1S/C9H8Cl2N4O2S/c1-12-9(18)14-13-4-5-2-8(15(16)17)7(11)3-6(5)10/h2-4H,1H3,(H2,12,14,18)/b13-4-. The molecule has 0 heterocycles. The maximum Gasteiger partial charge on any atom is 0.288 e. The van der Waals surface area contributed by atoms with E-state index in [1.165, 1.54) is 18.3 Å². The van der Waals surface area contributed by atoms with Crippen LogP contribution < -0.4 is 10.7 Å². The molecular formula is C9H8Cl2N4O2S. The normalized spacial score (nSPS) is 10.4. The van der Waals surface area contributed by atoms with Crippen LogP contribution in [0.2, 0.25) is 10.0 Å². The van der Waals surface area contributed by atoms with Crippen molar-refractivity contribution in [2.75, 3.05) is 7.05 Å². The third kappa shape index (κ3) is 3.80. The van der Waals surface area contributed by atoms with Crippen LogP contribution in [0.4, 0.5) is 5.69 Å². The Bertz CT molecular complexity index is 522. The summed E-state index contributed by atoms with van der Waals surface area (Å²) in [4.78, 5) is 10.1. The molecule has 0 spiro atoms. The van der Waals surface area contributed by atoms with Crippen LogP contribution in [0.1, 0.15) is 5.56 Å². The number of thiocarbonyl (C=S) groups is 1. The van der Waals surface area contributed by atoms with Crippen LogP contribution in [0, 0.1) is 10.1 Å². The average Bonchev–Trinajstić information content (AvgIpc) is 2.31. The highest BCUT2D eigenvalue weighted by atomic mass is 35.5. The van der Waals surface area contributed by atoms with Crippen LogP contribution in [0.5, 0.6) is 0 Å². The lowest BCUT2D eigenvalue weighted by atomic mass is 10.2. The van der Waals surface area contributed by atoms with Gasteiger partial charge in [-0.3, -0.25) is 15.5 Å². The first kappa shape index (κ1) is 14.6. The Balaban J connectivity index is 2.99. The second kappa shape index (κ2) is 6.48. The van der Waals surface area contributed by atoms with E-state index < -0.39 is 4.92 Å². The molecule has 1 aromatic rings. The molecule has 1 rings (SSSR count). The summed E-state index contributed by atoms with van der Waals surface area (Å²) in [7, 11) is 1.63. The molecule has 0 aliphatic rings. The van der Waals surface area contributed by atoms with Crippen molar-refractivity contribution >= 4 is 52.4 Å². The molecule has 0 fully saturated rings. The lowest BCUT2D eigenvalue weighted by molar-refractivity contribution is -0.384. The fourth-order valence-electron chi connectivity index (χ4n) is 1.01. The summed E-state index contributed by atoms with van der Waals surface area (Å²) in [5, 5.41) is 17.7. The number of nitrogens with zero attached hydrogens (tertiary/aromatic N) is 2. The number of rotatable bonds is 3. The van der Waals surface area contributed by atoms with Crippen LogP contribution >= 0.6 is 35.4 Å². The average molecular weight is 307 g/mol. The molecule has 9 heteroatoms. The highest BCUT2D eigenvalue weighted by molar-refractivity contribution is 7.80. The predicted octanol–water partition coefficient (Wildman–Crippen LogP) is 2.33. The Kier molecular flexibility index (Phi) is 5.26. The van der Waals surface area contributed by atoms with Gasteiger partial charge in [0.15, 0.2) is 5.11 Å². The lowest BCUT2D eigenvalue weighted by Gasteiger charge is -2.02. The van der Waals surface area contributed by atoms with Gasteiger partial charge >= 0.3 is 0 Å².